The van der Waals surface area contributed by atoms with Gasteiger partial charge in [0.2, 0.25) is 5.91 Å². The maximum absolute atomic E-state index is 13.5. The van der Waals surface area contributed by atoms with Crippen molar-refractivity contribution in [2.75, 3.05) is 19.6 Å². The van der Waals surface area contributed by atoms with E-state index in [1.54, 1.807) is 26.8 Å². The maximum atomic E-state index is 13.5. The quantitative estimate of drug-likeness (QED) is 0.814. The van der Waals surface area contributed by atoms with Crippen molar-refractivity contribution >= 4 is 29.4 Å². The first-order valence-electron chi connectivity index (χ1n) is 10.2. The zero-order valence-electron chi connectivity index (χ0n) is 16.9. The average molecular weight is 419 g/mol. The molecule has 156 valence electrons. The normalized spacial score (nSPS) is 24.8. The molecule has 3 aliphatic rings. The van der Waals surface area contributed by atoms with Gasteiger partial charge >= 0.3 is 6.03 Å². The topological polar surface area (TPSA) is 73.0 Å². The Bertz CT molecular complexity index is 824. The fourth-order valence-corrected chi connectivity index (χ4v) is 4.33. The fourth-order valence-electron chi connectivity index (χ4n) is 4.21. The second-order valence-corrected chi connectivity index (χ2v) is 9.00. The Morgan fingerprint density at radius 3 is 2.55 bits per heavy atom. The third-order valence-electron chi connectivity index (χ3n) is 6.10. The molecule has 3 fully saturated rings. The Morgan fingerprint density at radius 1 is 1.24 bits per heavy atom. The second-order valence-electron chi connectivity index (χ2n) is 8.56. The Labute approximate surface area is 176 Å². The number of likely N-dealkylation sites (tertiary alicyclic amines) is 1. The van der Waals surface area contributed by atoms with Gasteiger partial charge in [0.25, 0.3) is 5.91 Å². The van der Waals surface area contributed by atoms with E-state index < -0.39 is 5.54 Å². The first-order valence-corrected chi connectivity index (χ1v) is 10.6. The second kappa shape index (κ2) is 7.52. The van der Waals surface area contributed by atoms with E-state index in [4.69, 9.17) is 11.6 Å². The lowest BCUT2D eigenvalue weighted by Gasteiger charge is -2.48. The minimum Gasteiger partial charge on any atom is -0.335 e. The van der Waals surface area contributed by atoms with Crippen LogP contribution >= 0.6 is 11.6 Å². The van der Waals surface area contributed by atoms with Gasteiger partial charge in [0, 0.05) is 30.2 Å². The number of hydrogen-bond acceptors (Lipinski definition) is 3. The van der Waals surface area contributed by atoms with Crippen LogP contribution < -0.4 is 5.32 Å². The van der Waals surface area contributed by atoms with Crippen LogP contribution in [0.3, 0.4) is 0 Å². The van der Waals surface area contributed by atoms with Crippen molar-refractivity contribution < 1.29 is 14.4 Å². The monoisotopic (exact) mass is 418 g/mol. The molecule has 0 aromatic heterocycles. The Kier molecular flexibility index (Phi) is 5.19. The number of nitrogens with one attached hydrogen (secondary N) is 1. The van der Waals surface area contributed by atoms with Gasteiger partial charge in [-0.1, -0.05) is 23.7 Å². The number of piperazine rings is 1. The molecule has 8 heteroatoms. The number of hydrogen-bond donors (Lipinski definition) is 1. The van der Waals surface area contributed by atoms with Crippen molar-refractivity contribution in [3.8, 4) is 0 Å². The molecule has 1 aliphatic carbocycles. The molecule has 1 saturated carbocycles. The van der Waals surface area contributed by atoms with E-state index in [0.29, 0.717) is 24.5 Å². The predicted octanol–water partition coefficient (Wildman–Crippen LogP) is 2.24. The van der Waals surface area contributed by atoms with Crippen LogP contribution in [-0.4, -0.2) is 69.8 Å². The molecule has 1 aromatic carbocycles. The molecule has 1 aromatic rings. The number of rotatable bonds is 4. The average Bonchev–Trinajstić information content (AvgIpc) is 3.38. The van der Waals surface area contributed by atoms with Crippen LogP contribution in [0.5, 0.6) is 0 Å². The van der Waals surface area contributed by atoms with E-state index in [2.05, 4.69) is 5.32 Å². The number of halogens is 1. The summed E-state index contributed by atoms with van der Waals surface area (Å²) < 4.78 is 0. The number of urea groups is 1. The molecule has 29 heavy (non-hydrogen) atoms. The third kappa shape index (κ3) is 3.80. The molecular formula is C21H27ClN4O3. The van der Waals surface area contributed by atoms with Crippen molar-refractivity contribution in [1.82, 2.24) is 20.0 Å². The molecule has 2 saturated heterocycles. The SMILES string of the molecule is CC(C)N1CC(=O)N(Cc2ccc(Cl)cc2)C2(CCN(C(=O)NC3CC3)C2)C1=O. The minimum absolute atomic E-state index is 0.0669. The van der Waals surface area contributed by atoms with Crippen LogP contribution in [0.25, 0.3) is 0 Å². The summed E-state index contributed by atoms with van der Waals surface area (Å²) >= 11 is 5.99. The molecule has 2 heterocycles. The van der Waals surface area contributed by atoms with Crippen molar-refractivity contribution in [2.45, 2.75) is 57.3 Å². The summed E-state index contributed by atoms with van der Waals surface area (Å²) in [4.78, 5) is 44.3. The van der Waals surface area contributed by atoms with Gasteiger partial charge in [-0.2, -0.15) is 0 Å². The molecule has 4 amide bonds. The highest BCUT2D eigenvalue weighted by Crippen LogP contribution is 2.36. The van der Waals surface area contributed by atoms with Crippen LogP contribution in [0, 0.1) is 0 Å². The van der Waals surface area contributed by atoms with Gasteiger partial charge in [0.15, 0.2) is 0 Å². The van der Waals surface area contributed by atoms with Gasteiger partial charge < -0.3 is 20.0 Å². The highest BCUT2D eigenvalue weighted by Gasteiger charge is 2.57. The minimum atomic E-state index is -1.01. The van der Waals surface area contributed by atoms with Crippen LogP contribution in [0.4, 0.5) is 4.79 Å². The zero-order chi connectivity index (χ0) is 20.8. The van der Waals surface area contributed by atoms with Crippen molar-refractivity contribution in [2.24, 2.45) is 0 Å². The maximum Gasteiger partial charge on any atom is 0.317 e. The molecule has 1 spiro atoms. The van der Waals surface area contributed by atoms with Crippen LogP contribution in [0.1, 0.15) is 38.7 Å². The van der Waals surface area contributed by atoms with Gasteiger partial charge in [0.1, 0.15) is 12.1 Å². The lowest BCUT2D eigenvalue weighted by molar-refractivity contribution is -0.166. The highest BCUT2D eigenvalue weighted by atomic mass is 35.5. The first-order chi connectivity index (χ1) is 13.8. The Morgan fingerprint density at radius 2 is 1.93 bits per heavy atom. The number of benzene rings is 1. The van der Waals surface area contributed by atoms with Gasteiger partial charge in [0.05, 0.1) is 6.54 Å². The van der Waals surface area contributed by atoms with E-state index in [1.165, 1.54) is 0 Å². The number of amides is 4. The number of nitrogens with zero attached hydrogens (tertiary/aromatic N) is 3. The number of carbonyl (C=O) groups excluding carboxylic acids is 3. The smallest absolute Gasteiger partial charge is 0.317 e. The van der Waals surface area contributed by atoms with Crippen molar-refractivity contribution in [3.05, 3.63) is 34.9 Å². The predicted molar refractivity (Wildman–Crippen MR) is 109 cm³/mol. The summed E-state index contributed by atoms with van der Waals surface area (Å²) in [6.45, 7) is 4.92. The highest BCUT2D eigenvalue weighted by molar-refractivity contribution is 6.30. The van der Waals surface area contributed by atoms with Crippen LogP contribution in [-0.2, 0) is 16.1 Å². The molecule has 1 atom stereocenters. The number of carbonyl (C=O) groups is 3. The van der Waals surface area contributed by atoms with Gasteiger partial charge in [-0.25, -0.2) is 4.79 Å². The fraction of sp³-hybridized carbons (Fsp3) is 0.571. The summed E-state index contributed by atoms with van der Waals surface area (Å²) in [5.41, 5.74) is -0.103. The molecular weight excluding hydrogens is 392 g/mol. The molecule has 0 radical (unpaired) electrons. The molecule has 4 rings (SSSR count). The summed E-state index contributed by atoms with van der Waals surface area (Å²) in [6, 6.07) is 7.34. The van der Waals surface area contributed by atoms with Gasteiger partial charge in [-0.15, -0.1) is 0 Å². The van der Waals surface area contributed by atoms with Crippen molar-refractivity contribution in [1.29, 1.82) is 0 Å². The molecule has 7 nitrogen and oxygen atoms in total. The van der Waals surface area contributed by atoms with Gasteiger partial charge in [-0.05, 0) is 50.8 Å². The molecule has 1 N–H and O–H groups in total. The summed E-state index contributed by atoms with van der Waals surface area (Å²) in [5, 5.41) is 3.62. The largest absolute Gasteiger partial charge is 0.335 e. The summed E-state index contributed by atoms with van der Waals surface area (Å²) in [7, 11) is 0. The van der Waals surface area contributed by atoms with Crippen molar-refractivity contribution in [3.63, 3.8) is 0 Å². The van der Waals surface area contributed by atoms with E-state index >= 15 is 0 Å². The van der Waals surface area contributed by atoms with Crippen LogP contribution in [0.2, 0.25) is 5.02 Å². The lowest BCUT2D eigenvalue weighted by atomic mass is 9.89. The molecule has 0 bridgehead atoms. The third-order valence-corrected chi connectivity index (χ3v) is 6.35. The van der Waals surface area contributed by atoms with Gasteiger partial charge in [-0.3, -0.25) is 9.59 Å². The van der Waals surface area contributed by atoms with E-state index in [0.717, 1.165) is 18.4 Å². The van der Waals surface area contributed by atoms with E-state index in [9.17, 15) is 14.4 Å². The summed E-state index contributed by atoms with van der Waals surface area (Å²) in [5.74, 6) is -0.152. The van der Waals surface area contributed by atoms with E-state index in [-0.39, 0.29) is 43.0 Å². The molecule has 1 unspecified atom stereocenters. The standard InChI is InChI=1S/C21H27ClN4O3/c1-14(2)25-12-18(27)26(11-15-3-5-16(22)6-4-15)21(19(25)28)9-10-24(13-21)20(29)23-17-7-8-17/h3-6,14,17H,7-13H2,1-2H3,(H,23,29). The lowest BCUT2D eigenvalue weighted by Crippen LogP contribution is -2.70. The molecule has 2 aliphatic heterocycles. The Balaban J connectivity index is 1.62. The Hall–Kier alpha value is -2.28. The zero-order valence-corrected chi connectivity index (χ0v) is 17.6. The van der Waals surface area contributed by atoms with Crippen LogP contribution in [0.15, 0.2) is 24.3 Å². The first kappa shape index (κ1) is 20.0. The van der Waals surface area contributed by atoms with E-state index in [1.807, 2.05) is 26.0 Å². The summed E-state index contributed by atoms with van der Waals surface area (Å²) in [6.07, 6.45) is 2.46.